The molecule has 1 saturated heterocycles. The number of nitrogen functional groups attached to an aromatic ring is 1. The van der Waals surface area contributed by atoms with E-state index in [0.717, 1.165) is 25.9 Å². The van der Waals surface area contributed by atoms with Gasteiger partial charge in [0.2, 0.25) is 5.91 Å². The standard InChI is InChI=1S/C14H20N4O2/c15-10-4-5-12(11(8-10)14(16)20)17-9-13(19)18-6-2-1-3-7-18/h4-5,8,17H,1-3,6-7,9,15H2,(H2,16,20). The molecule has 0 aromatic heterocycles. The third kappa shape index (κ3) is 3.40. The lowest BCUT2D eigenvalue weighted by atomic mass is 10.1. The Kier molecular flexibility index (Phi) is 4.45. The van der Waals surface area contributed by atoms with E-state index in [2.05, 4.69) is 5.32 Å². The molecule has 1 aromatic carbocycles. The van der Waals surface area contributed by atoms with Gasteiger partial charge < -0.3 is 21.7 Å². The zero-order chi connectivity index (χ0) is 14.5. The minimum Gasteiger partial charge on any atom is -0.399 e. The van der Waals surface area contributed by atoms with Gasteiger partial charge in [-0.25, -0.2) is 0 Å². The summed E-state index contributed by atoms with van der Waals surface area (Å²) in [6, 6.07) is 4.84. The van der Waals surface area contributed by atoms with Crippen molar-refractivity contribution in [2.45, 2.75) is 19.3 Å². The van der Waals surface area contributed by atoms with Crippen LogP contribution in [0, 0.1) is 0 Å². The highest BCUT2D eigenvalue weighted by molar-refractivity contribution is 6.00. The summed E-state index contributed by atoms with van der Waals surface area (Å²) in [5.41, 5.74) is 12.2. The molecule has 20 heavy (non-hydrogen) atoms. The summed E-state index contributed by atoms with van der Waals surface area (Å²) in [6.07, 6.45) is 3.29. The van der Waals surface area contributed by atoms with E-state index in [1.54, 1.807) is 12.1 Å². The SMILES string of the molecule is NC(=O)c1cc(N)ccc1NCC(=O)N1CCCCC1. The Labute approximate surface area is 118 Å². The van der Waals surface area contributed by atoms with Crippen molar-refractivity contribution < 1.29 is 9.59 Å². The largest absolute Gasteiger partial charge is 0.399 e. The first-order valence-electron chi connectivity index (χ1n) is 6.79. The Morgan fingerprint density at radius 1 is 1.20 bits per heavy atom. The van der Waals surface area contributed by atoms with E-state index in [4.69, 9.17) is 11.5 Å². The molecule has 1 fully saturated rings. The Morgan fingerprint density at radius 2 is 1.90 bits per heavy atom. The number of likely N-dealkylation sites (tertiary alicyclic amines) is 1. The molecule has 6 heteroatoms. The van der Waals surface area contributed by atoms with Crippen LogP contribution in [0.15, 0.2) is 18.2 Å². The molecular formula is C14H20N4O2. The molecule has 1 aromatic rings. The molecule has 0 atom stereocenters. The molecule has 0 unspecified atom stereocenters. The van der Waals surface area contributed by atoms with E-state index in [1.807, 2.05) is 4.90 Å². The summed E-state index contributed by atoms with van der Waals surface area (Å²) in [7, 11) is 0. The average Bonchev–Trinajstić information content (AvgIpc) is 2.46. The summed E-state index contributed by atoms with van der Waals surface area (Å²) in [5.74, 6) is -0.526. The van der Waals surface area contributed by atoms with E-state index in [-0.39, 0.29) is 12.5 Å². The highest BCUT2D eigenvalue weighted by Crippen LogP contribution is 2.18. The third-order valence-corrected chi connectivity index (χ3v) is 3.45. The first-order valence-corrected chi connectivity index (χ1v) is 6.79. The van der Waals surface area contributed by atoms with Gasteiger partial charge in [-0.05, 0) is 37.5 Å². The second-order valence-electron chi connectivity index (χ2n) is 4.96. The summed E-state index contributed by atoms with van der Waals surface area (Å²) in [6.45, 7) is 1.78. The molecule has 1 aliphatic rings. The summed E-state index contributed by atoms with van der Waals surface area (Å²) < 4.78 is 0. The smallest absolute Gasteiger partial charge is 0.250 e. The molecule has 0 aliphatic carbocycles. The highest BCUT2D eigenvalue weighted by Gasteiger charge is 2.17. The molecule has 1 aliphatic heterocycles. The van der Waals surface area contributed by atoms with E-state index in [0.29, 0.717) is 16.9 Å². The van der Waals surface area contributed by atoms with Gasteiger partial charge in [0.1, 0.15) is 0 Å². The molecule has 5 N–H and O–H groups in total. The topological polar surface area (TPSA) is 101 Å². The van der Waals surface area contributed by atoms with E-state index < -0.39 is 5.91 Å². The van der Waals surface area contributed by atoms with Gasteiger partial charge in [-0.15, -0.1) is 0 Å². The monoisotopic (exact) mass is 276 g/mol. The second kappa shape index (κ2) is 6.27. The maximum Gasteiger partial charge on any atom is 0.250 e. The zero-order valence-corrected chi connectivity index (χ0v) is 11.4. The lowest BCUT2D eigenvalue weighted by Crippen LogP contribution is -2.39. The van der Waals surface area contributed by atoms with Gasteiger partial charge in [-0.2, -0.15) is 0 Å². The van der Waals surface area contributed by atoms with Crippen LogP contribution in [0.4, 0.5) is 11.4 Å². The van der Waals surface area contributed by atoms with Crippen molar-refractivity contribution >= 4 is 23.2 Å². The van der Waals surface area contributed by atoms with Crippen molar-refractivity contribution in [1.82, 2.24) is 4.90 Å². The number of benzene rings is 1. The van der Waals surface area contributed by atoms with Crippen molar-refractivity contribution in [1.29, 1.82) is 0 Å². The normalized spacial score (nSPS) is 14.9. The number of anilines is 2. The van der Waals surface area contributed by atoms with Gasteiger partial charge in [-0.3, -0.25) is 9.59 Å². The number of carbonyl (C=O) groups is 2. The Hall–Kier alpha value is -2.24. The van der Waals surface area contributed by atoms with Crippen LogP contribution in [-0.2, 0) is 4.79 Å². The molecule has 1 heterocycles. The van der Waals surface area contributed by atoms with Crippen molar-refractivity contribution in [2.24, 2.45) is 5.73 Å². The minimum atomic E-state index is -0.565. The molecule has 6 nitrogen and oxygen atoms in total. The Morgan fingerprint density at radius 3 is 2.55 bits per heavy atom. The van der Waals surface area contributed by atoms with E-state index in [1.165, 1.54) is 12.5 Å². The molecule has 0 bridgehead atoms. The maximum absolute atomic E-state index is 12.0. The van der Waals surface area contributed by atoms with Crippen LogP contribution in [0.25, 0.3) is 0 Å². The number of carbonyl (C=O) groups excluding carboxylic acids is 2. The fourth-order valence-corrected chi connectivity index (χ4v) is 2.35. The second-order valence-corrected chi connectivity index (χ2v) is 4.96. The zero-order valence-electron chi connectivity index (χ0n) is 11.4. The number of nitrogens with zero attached hydrogens (tertiary/aromatic N) is 1. The molecule has 2 amide bonds. The number of hydrogen-bond acceptors (Lipinski definition) is 4. The predicted octanol–water partition coefficient (Wildman–Crippen LogP) is 0.792. The number of nitrogens with one attached hydrogen (secondary N) is 1. The van der Waals surface area contributed by atoms with Crippen LogP contribution >= 0.6 is 0 Å². The van der Waals surface area contributed by atoms with Crippen LogP contribution in [0.1, 0.15) is 29.6 Å². The summed E-state index contributed by atoms with van der Waals surface area (Å²) in [5, 5.41) is 2.97. The van der Waals surface area contributed by atoms with Gasteiger partial charge >= 0.3 is 0 Å². The number of amides is 2. The Balaban J connectivity index is 1.99. The molecule has 0 saturated carbocycles. The number of rotatable bonds is 4. The van der Waals surface area contributed by atoms with Crippen molar-refractivity contribution in [3.63, 3.8) is 0 Å². The number of nitrogens with two attached hydrogens (primary N) is 2. The van der Waals surface area contributed by atoms with Crippen molar-refractivity contribution in [3.8, 4) is 0 Å². The number of piperidine rings is 1. The highest BCUT2D eigenvalue weighted by atomic mass is 16.2. The number of primary amides is 1. The van der Waals surface area contributed by atoms with Gasteiger partial charge in [0, 0.05) is 24.5 Å². The van der Waals surface area contributed by atoms with Gasteiger partial charge in [0.25, 0.3) is 5.91 Å². The molecule has 0 spiro atoms. The quantitative estimate of drug-likeness (QED) is 0.708. The van der Waals surface area contributed by atoms with Crippen molar-refractivity contribution in [3.05, 3.63) is 23.8 Å². The third-order valence-electron chi connectivity index (χ3n) is 3.45. The molecule has 2 rings (SSSR count). The summed E-state index contributed by atoms with van der Waals surface area (Å²) >= 11 is 0. The van der Waals surface area contributed by atoms with E-state index >= 15 is 0 Å². The summed E-state index contributed by atoms with van der Waals surface area (Å²) in [4.78, 5) is 25.2. The lowest BCUT2D eigenvalue weighted by molar-refractivity contribution is -0.130. The Bertz CT molecular complexity index is 510. The van der Waals surface area contributed by atoms with Crippen LogP contribution < -0.4 is 16.8 Å². The molecular weight excluding hydrogens is 256 g/mol. The van der Waals surface area contributed by atoms with Crippen LogP contribution in [0.5, 0.6) is 0 Å². The van der Waals surface area contributed by atoms with Gasteiger partial charge in [0.15, 0.2) is 0 Å². The van der Waals surface area contributed by atoms with Crippen molar-refractivity contribution in [2.75, 3.05) is 30.7 Å². The first-order chi connectivity index (χ1) is 9.58. The minimum absolute atomic E-state index is 0.0388. The van der Waals surface area contributed by atoms with Gasteiger partial charge in [0.05, 0.1) is 12.1 Å². The fraction of sp³-hybridized carbons (Fsp3) is 0.429. The number of hydrogen-bond donors (Lipinski definition) is 3. The predicted molar refractivity (Wildman–Crippen MR) is 78.3 cm³/mol. The fourth-order valence-electron chi connectivity index (χ4n) is 2.35. The van der Waals surface area contributed by atoms with Crippen LogP contribution in [0.3, 0.4) is 0 Å². The maximum atomic E-state index is 12.0. The lowest BCUT2D eigenvalue weighted by Gasteiger charge is -2.27. The van der Waals surface area contributed by atoms with Crippen LogP contribution in [0.2, 0.25) is 0 Å². The van der Waals surface area contributed by atoms with Gasteiger partial charge in [-0.1, -0.05) is 0 Å². The van der Waals surface area contributed by atoms with Crippen LogP contribution in [-0.4, -0.2) is 36.3 Å². The molecule has 108 valence electrons. The molecule has 0 radical (unpaired) electrons. The van der Waals surface area contributed by atoms with E-state index in [9.17, 15) is 9.59 Å². The first kappa shape index (κ1) is 14.2. The average molecular weight is 276 g/mol.